The zero-order valence-electron chi connectivity index (χ0n) is 15.6. The highest BCUT2D eigenvalue weighted by Gasteiger charge is 2.36. The predicted octanol–water partition coefficient (Wildman–Crippen LogP) is 3.91. The van der Waals surface area contributed by atoms with E-state index < -0.39 is 6.04 Å². The molecule has 1 saturated heterocycles. The van der Waals surface area contributed by atoms with Crippen LogP contribution in [-0.2, 0) is 16.1 Å². The van der Waals surface area contributed by atoms with Gasteiger partial charge in [-0.15, -0.1) is 0 Å². The monoisotopic (exact) mass is 361 g/mol. The first-order valence-corrected chi connectivity index (χ1v) is 9.26. The van der Waals surface area contributed by atoms with Gasteiger partial charge in [0.25, 0.3) is 0 Å². The maximum atomic E-state index is 12.9. The fourth-order valence-corrected chi connectivity index (χ4v) is 3.75. The van der Waals surface area contributed by atoms with Crippen LogP contribution < -0.4 is 5.32 Å². The molecule has 27 heavy (non-hydrogen) atoms. The summed E-state index contributed by atoms with van der Waals surface area (Å²) in [6.45, 7) is 4.45. The quantitative estimate of drug-likeness (QED) is 0.740. The third-order valence-electron chi connectivity index (χ3n) is 5.51. The Morgan fingerprint density at radius 1 is 1.19 bits per heavy atom. The number of aromatic amines is 1. The van der Waals surface area contributed by atoms with Gasteiger partial charge in [-0.25, -0.2) is 0 Å². The smallest absolute Gasteiger partial charge is 0.247 e. The van der Waals surface area contributed by atoms with Crippen LogP contribution in [0.2, 0.25) is 0 Å². The summed E-state index contributed by atoms with van der Waals surface area (Å²) < 4.78 is 0. The molecule has 4 rings (SSSR count). The summed E-state index contributed by atoms with van der Waals surface area (Å²) in [7, 11) is 0. The molecule has 5 nitrogen and oxygen atoms in total. The van der Waals surface area contributed by atoms with E-state index in [0.29, 0.717) is 19.4 Å². The minimum atomic E-state index is -0.439. The van der Waals surface area contributed by atoms with Crippen LogP contribution in [0.4, 0.5) is 5.69 Å². The zero-order chi connectivity index (χ0) is 19.0. The summed E-state index contributed by atoms with van der Waals surface area (Å²) in [6.07, 6.45) is 2.89. The lowest BCUT2D eigenvalue weighted by Gasteiger charge is -2.24. The lowest BCUT2D eigenvalue weighted by molar-refractivity contribution is -0.133. The van der Waals surface area contributed by atoms with E-state index in [1.807, 2.05) is 62.5 Å². The van der Waals surface area contributed by atoms with Crippen LogP contribution >= 0.6 is 0 Å². The number of H-pyrrole nitrogens is 1. The molecule has 1 atom stereocenters. The van der Waals surface area contributed by atoms with E-state index in [1.165, 1.54) is 0 Å². The second kappa shape index (κ2) is 6.91. The average molecular weight is 361 g/mol. The standard InChI is InChI=1S/C22H23N3O2/c1-14-6-5-9-18(15(14)2)24-22(27)20-10-11-21(26)25(20)13-16-12-23-19-8-4-3-7-17(16)19/h3-9,12,20,23H,10-11,13H2,1-2H3,(H,24,27). The van der Waals surface area contributed by atoms with E-state index in [0.717, 1.165) is 33.3 Å². The molecule has 0 saturated carbocycles. The summed E-state index contributed by atoms with van der Waals surface area (Å²) in [5, 5.41) is 4.11. The SMILES string of the molecule is Cc1cccc(NC(=O)C2CCC(=O)N2Cc2c[nH]c3ccccc23)c1C. The summed E-state index contributed by atoms with van der Waals surface area (Å²) in [5.74, 6) is -0.0872. The number of anilines is 1. The van der Waals surface area contributed by atoms with Gasteiger partial charge in [-0.2, -0.15) is 0 Å². The van der Waals surface area contributed by atoms with Crippen LogP contribution in [-0.4, -0.2) is 27.7 Å². The number of rotatable bonds is 4. The van der Waals surface area contributed by atoms with Gasteiger partial charge >= 0.3 is 0 Å². The predicted molar refractivity (Wildman–Crippen MR) is 106 cm³/mol. The number of likely N-dealkylation sites (tertiary alicyclic amines) is 1. The number of carbonyl (C=O) groups excluding carboxylic acids is 2. The van der Waals surface area contributed by atoms with Crippen LogP contribution in [0.15, 0.2) is 48.7 Å². The lowest BCUT2D eigenvalue weighted by Crippen LogP contribution is -2.41. The summed E-state index contributed by atoms with van der Waals surface area (Å²) in [4.78, 5) is 30.3. The van der Waals surface area contributed by atoms with Gasteiger partial charge in [0.1, 0.15) is 6.04 Å². The Labute approximate surface area is 158 Å². The number of aryl methyl sites for hydroxylation is 1. The van der Waals surface area contributed by atoms with E-state index in [1.54, 1.807) is 4.90 Å². The van der Waals surface area contributed by atoms with E-state index in [-0.39, 0.29) is 11.8 Å². The fourth-order valence-electron chi connectivity index (χ4n) is 3.75. The van der Waals surface area contributed by atoms with Crippen molar-refractivity contribution in [2.24, 2.45) is 0 Å². The minimum absolute atomic E-state index is 0.0291. The maximum absolute atomic E-state index is 12.9. The van der Waals surface area contributed by atoms with Gasteiger partial charge in [0.15, 0.2) is 0 Å². The Morgan fingerprint density at radius 2 is 2.00 bits per heavy atom. The molecule has 2 heterocycles. The molecule has 0 radical (unpaired) electrons. The van der Waals surface area contributed by atoms with E-state index in [4.69, 9.17) is 0 Å². The first-order valence-electron chi connectivity index (χ1n) is 9.26. The van der Waals surface area contributed by atoms with Gasteiger partial charge in [0.05, 0.1) is 0 Å². The summed E-state index contributed by atoms with van der Waals surface area (Å²) in [5.41, 5.74) is 5.07. The van der Waals surface area contributed by atoms with Crippen molar-refractivity contribution in [3.8, 4) is 0 Å². The highest BCUT2D eigenvalue weighted by molar-refractivity contribution is 5.99. The normalized spacial score (nSPS) is 16.9. The first kappa shape index (κ1) is 17.3. The molecule has 2 N–H and O–H groups in total. The van der Waals surface area contributed by atoms with E-state index >= 15 is 0 Å². The average Bonchev–Trinajstić information content (AvgIpc) is 3.24. The molecule has 2 amide bonds. The molecule has 1 aliphatic rings. The Bertz CT molecular complexity index is 1020. The number of benzene rings is 2. The molecule has 138 valence electrons. The lowest BCUT2D eigenvalue weighted by atomic mass is 10.1. The first-order chi connectivity index (χ1) is 13.0. The second-order valence-corrected chi connectivity index (χ2v) is 7.17. The highest BCUT2D eigenvalue weighted by Crippen LogP contribution is 2.27. The van der Waals surface area contributed by atoms with Crippen molar-refractivity contribution in [2.75, 3.05) is 5.32 Å². The molecule has 1 aromatic heterocycles. The van der Waals surface area contributed by atoms with E-state index in [9.17, 15) is 9.59 Å². The largest absolute Gasteiger partial charge is 0.361 e. The zero-order valence-corrected chi connectivity index (χ0v) is 15.6. The molecular weight excluding hydrogens is 338 g/mol. The molecule has 3 aromatic rings. The molecular formula is C22H23N3O2. The van der Waals surface area contributed by atoms with Crippen LogP contribution in [0.25, 0.3) is 10.9 Å². The maximum Gasteiger partial charge on any atom is 0.247 e. The van der Waals surface area contributed by atoms with Crippen LogP contribution in [0.1, 0.15) is 29.5 Å². The van der Waals surface area contributed by atoms with Gasteiger partial charge in [0, 0.05) is 35.8 Å². The van der Waals surface area contributed by atoms with Crippen molar-refractivity contribution in [1.82, 2.24) is 9.88 Å². The van der Waals surface area contributed by atoms with Crippen molar-refractivity contribution < 1.29 is 9.59 Å². The number of hydrogen-bond acceptors (Lipinski definition) is 2. The number of fused-ring (bicyclic) bond motifs is 1. The number of para-hydroxylation sites is 1. The van der Waals surface area contributed by atoms with Gasteiger partial charge < -0.3 is 15.2 Å². The minimum Gasteiger partial charge on any atom is -0.361 e. The number of nitrogens with zero attached hydrogens (tertiary/aromatic N) is 1. The number of nitrogens with one attached hydrogen (secondary N) is 2. The molecule has 2 aromatic carbocycles. The van der Waals surface area contributed by atoms with Crippen molar-refractivity contribution in [2.45, 2.75) is 39.3 Å². The van der Waals surface area contributed by atoms with Crippen molar-refractivity contribution in [3.05, 3.63) is 65.4 Å². The van der Waals surface area contributed by atoms with Crippen molar-refractivity contribution in [3.63, 3.8) is 0 Å². The summed E-state index contributed by atoms with van der Waals surface area (Å²) in [6, 6.07) is 13.4. The van der Waals surface area contributed by atoms with E-state index in [2.05, 4.69) is 10.3 Å². The Kier molecular flexibility index (Phi) is 4.44. The van der Waals surface area contributed by atoms with Crippen molar-refractivity contribution in [1.29, 1.82) is 0 Å². The van der Waals surface area contributed by atoms with Gasteiger partial charge in [-0.3, -0.25) is 9.59 Å². The van der Waals surface area contributed by atoms with Gasteiger partial charge in [-0.05, 0) is 49.1 Å². The third-order valence-corrected chi connectivity index (χ3v) is 5.51. The molecule has 0 spiro atoms. The van der Waals surface area contributed by atoms with Crippen LogP contribution in [0.5, 0.6) is 0 Å². The molecule has 0 bridgehead atoms. The number of carbonyl (C=O) groups is 2. The molecule has 1 aliphatic heterocycles. The number of hydrogen-bond donors (Lipinski definition) is 2. The third kappa shape index (κ3) is 3.21. The highest BCUT2D eigenvalue weighted by atomic mass is 16.2. The molecule has 1 fully saturated rings. The molecule has 0 aliphatic carbocycles. The van der Waals surface area contributed by atoms with Gasteiger partial charge in [-0.1, -0.05) is 30.3 Å². The second-order valence-electron chi connectivity index (χ2n) is 7.17. The summed E-state index contributed by atoms with van der Waals surface area (Å²) >= 11 is 0. The van der Waals surface area contributed by atoms with Crippen molar-refractivity contribution >= 4 is 28.4 Å². The van der Waals surface area contributed by atoms with Gasteiger partial charge in [0.2, 0.25) is 11.8 Å². The topological polar surface area (TPSA) is 65.2 Å². The molecule has 1 unspecified atom stereocenters. The van der Waals surface area contributed by atoms with Crippen LogP contribution in [0.3, 0.4) is 0 Å². The van der Waals surface area contributed by atoms with Crippen LogP contribution in [0, 0.1) is 13.8 Å². The number of amides is 2. The Balaban J connectivity index is 1.56. The Hall–Kier alpha value is -3.08. The fraction of sp³-hybridized carbons (Fsp3) is 0.273. The Morgan fingerprint density at radius 3 is 2.85 bits per heavy atom. The number of aromatic nitrogens is 1. The molecule has 5 heteroatoms.